The van der Waals surface area contributed by atoms with E-state index in [4.69, 9.17) is 9.47 Å². The Morgan fingerprint density at radius 3 is 1.85 bits per heavy atom. The minimum absolute atomic E-state index is 0.197. The molecule has 0 saturated carbocycles. The Hall–Kier alpha value is -2.57. The molecular weight excluding hydrogens is 336 g/mol. The van der Waals surface area contributed by atoms with Crippen molar-refractivity contribution in [1.29, 1.82) is 0 Å². The van der Waals surface area contributed by atoms with Crippen LogP contribution in [0.25, 0.3) is 0 Å². The SMILES string of the molecule is CCOC(=O)CN(CC(=O)OCC)C(=O)Nc1c(C)cc(C)c(C)c1C. The molecule has 2 amide bonds. The van der Waals surface area contributed by atoms with Gasteiger partial charge in [-0.1, -0.05) is 6.07 Å². The molecule has 1 aromatic rings. The van der Waals surface area contributed by atoms with Gasteiger partial charge in [-0.25, -0.2) is 4.79 Å². The number of urea groups is 1. The number of amides is 2. The summed E-state index contributed by atoms with van der Waals surface area (Å²) < 4.78 is 9.77. The third kappa shape index (κ3) is 5.75. The number of carbonyl (C=O) groups excluding carboxylic acids is 3. The molecule has 144 valence electrons. The molecular formula is C19H28N2O5. The quantitative estimate of drug-likeness (QED) is 0.752. The van der Waals surface area contributed by atoms with E-state index in [2.05, 4.69) is 5.32 Å². The van der Waals surface area contributed by atoms with E-state index >= 15 is 0 Å². The van der Waals surface area contributed by atoms with Crippen molar-refractivity contribution in [1.82, 2.24) is 4.90 Å². The lowest BCUT2D eigenvalue weighted by atomic mass is 9.98. The second-order valence-electron chi connectivity index (χ2n) is 6.03. The van der Waals surface area contributed by atoms with Crippen LogP contribution >= 0.6 is 0 Å². The molecule has 26 heavy (non-hydrogen) atoms. The molecule has 0 fully saturated rings. The van der Waals surface area contributed by atoms with Gasteiger partial charge in [0.05, 0.1) is 13.2 Å². The third-order valence-corrected chi connectivity index (χ3v) is 4.13. The molecule has 1 aromatic carbocycles. The van der Waals surface area contributed by atoms with Crippen molar-refractivity contribution >= 4 is 23.7 Å². The minimum Gasteiger partial charge on any atom is -0.465 e. The first-order chi connectivity index (χ1) is 12.2. The highest BCUT2D eigenvalue weighted by molar-refractivity contribution is 5.95. The fourth-order valence-electron chi connectivity index (χ4n) is 2.59. The van der Waals surface area contributed by atoms with Gasteiger partial charge < -0.3 is 19.7 Å². The van der Waals surface area contributed by atoms with Gasteiger partial charge >= 0.3 is 18.0 Å². The van der Waals surface area contributed by atoms with Crippen molar-refractivity contribution in [2.45, 2.75) is 41.5 Å². The summed E-state index contributed by atoms with van der Waals surface area (Å²) in [5.41, 5.74) is 4.74. The average Bonchev–Trinajstić information content (AvgIpc) is 2.56. The highest BCUT2D eigenvalue weighted by atomic mass is 16.5. The molecule has 0 aliphatic carbocycles. The number of esters is 2. The highest BCUT2D eigenvalue weighted by Gasteiger charge is 2.23. The molecule has 7 nitrogen and oxygen atoms in total. The fourth-order valence-corrected chi connectivity index (χ4v) is 2.59. The standard InChI is InChI=1S/C19H28N2O5/c1-7-25-16(22)10-21(11-17(23)26-8-2)19(24)20-18-13(4)9-12(3)14(5)15(18)6/h9H,7-8,10-11H2,1-6H3,(H,20,24). The van der Waals surface area contributed by atoms with Crippen LogP contribution in [0, 0.1) is 27.7 Å². The van der Waals surface area contributed by atoms with Crippen molar-refractivity contribution in [2.24, 2.45) is 0 Å². The van der Waals surface area contributed by atoms with Crippen LogP contribution in [-0.4, -0.2) is 49.2 Å². The first kappa shape index (κ1) is 21.5. The van der Waals surface area contributed by atoms with Crippen molar-refractivity contribution in [2.75, 3.05) is 31.6 Å². The smallest absolute Gasteiger partial charge is 0.325 e. The van der Waals surface area contributed by atoms with E-state index in [1.165, 1.54) is 0 Å². The van der Waals surface area contributed by atoms with Crippen LogP contribution in [0.15, 0.2) is 6.07 Å². The predicted octanol–water partition coefficient (Wildman–Crippen LogP) is 2.88. The van der Waals surface area contributed by atoms with Crippen molar-refractivity contribution in [3.63, 3.8) is 0 Å². The lowest BCUT2D eigenvalue weighted by Gasteiger charge is -2.23. The van der Waals surface area contributed by atoms with Crippen LogP contribution < -0.4 is 5.32 Å². The molecule has 0 saturated heterocycles. The summed E-state index contributed by atoms with van der Waals surface area (Å²) in [7, 11) is 0. The van der Waals surface area contributed by atoms with Crippen LogP contribution in [0.5, 0.6) is 0 Å². The molecule has 0 radical (unpaired) electrons. The summed E-state index contributed by atoms with van der Waals surface area (Å²) in [6.45, 7) is 10.9. The van der Waals surface area contributed by atoms with Crippen LogP contribution in [0.3, 0.4) is 0 Å². The lowest BCUT2D eigenvalue weighted by molar-refractivity contribution is -0.146. The maximum absolute atomic E-state index is 12.7. The number of anilines is 1. The number of hydrogen-bond donors (Lipinski definition) is 1. The van der Waals surface area contributed by atoms with Crippen molar-refractivity contribution in [3.05, 3.63) is 28.3 Å². The van der Waals surface area contributed by atoms with E-state index in [1.807, 2.05) is 33.8 Å². The lowest BCUT2D eigenvalue weighted by Crippen LogP contribution is -2.43. The maximum atomic E-state index is 12.7. The predicted molar refractivity (Wildman–Crippen MR) is 99.2 cm³/mol. The first-order valence-corrected chi connectivity index (χ1v) is 8.65. The monoisotopic (exact) mass is 364 g/mol. The van der Waals surface area contributed by atoms with Gasteiger partial charge in [0.1, 0.15) is 13.1 Å². The molecule has 0 unspecified atom stereocenters. The molecule has 7 heteroatoms. The molecule has 0 spiro atoms. The largest absolute Gasteiger partial charge is 0.465 e. The molecule has 1 rings (SSSR count). The summed E-state index contributed by atoms with van der Waals surface area (Å²) >= 11 is 0. The van der Waals surface area contributed by atoms with E-state index < -0.39 is 18.0 Å². The Kier molecular flexibility index (Phi) is 8.09. The second-order valence-corrected chi connectivity index (χ2v) is 6.03. The van der Waals surface area contributed by atoms with Crippen LogP contribution in [0.2, 0.25) is 0 Å². The normalized spacial score (nSPS) is 10.2. The number of carbonyl (C=O) groups is 3. The zero-order valence-electron chi connectivity index (χ0n) is 16.4. The van der Waals surface area contributed by atoms with Gasteiger partial charge in [-0.15, -0.1) is 0 Å². The Balaban J connectivity index is 3.03. The second kappa shape index (κ2) is 9.79. The molecule has 0 atom stereocenters. The summed E-state index contributed by atoms with van der Waals surface area (Å²) in [5, 5.41) is 2.81. The summed E-state index contributed by atoms with van der Waals surface area (Å²) in [4.78, 5) is 37.4. The highest BCUT2D eigenvalue weighted by Crippen LogP contribution is 2.26. The topological polar surface area (TPSA) is 84.9 Å². The van der Waals surface area contributed by atoms with Crippen LogP contribution in [0.4, 0.5) is 10.5 Å². The zero-order chi connectivity index (χ0) is 19.9. The summed E-state index contributed by atoms with van der Waals surface area (Å²) in [6, 6.07) is 1.43. The number of hydrogen-bond acceptors (Lipinski definition) is 5. The third-order valence-electron chi connectivity index (χ3n) is 4.13. The number of benzene rings is 1. The van der Waals surface area contributed by atoms with Gasteiger partial charge in [0.15, 0.2) is 0 Å². The van der Waals surface area contributed by atoms with E-state index in [9.17, 15) is 14.4 Å². The molecule has 0 heterocycles. The summed E-state index contributed by atoms with van der Waals surface area (Å²) in [5.74, 6) is -1.17. The molecule has 0 aliphatic rings. The van der Waals surface area contributed by atoms with E-state index in [1.54, 1.807) is 13.8 Å². The summed E-state index contributed by atoms with van der Waals surface area (Å²) in [6.07, 6.45) is 0. The molecule has 0 aliphatic heterocycles. The van der Waals surface area contributed by atoms with Crippen LogP contribution in [-0.2, 0) is 19.1 Å². The van der Waals surface area contributed by atoms with E-state index in [-0.39, 0.29) is 26.3 Å². The number of nitrogens with zero attached hydrogens (tertiary/aromatic N) is 1. The Morgan fingerprint density at radius 2 is 1.38 bits per heavy atom. The zero-order valence-corrected chi connectivity index (χ0v) is 16.4. The minimum atomic E-state index is -0.583. The van der Waals surface area contributed by atoms with E-state index in [0.29, 0.717) is 5.69 Å². The Bertz CT molecular complexity index is 665. The Labute approximate surface area is 154 Å². The van der Waals surface area contributed by atoms with Gasteiger partial charge in [-0.3, -0.25) is 9.59 Å². The van der Waals surface area contributed by atoms with Gasteiger partial charge in [0.25, 0.3) is 0 Å². The van der Waals surface area contributed by atoms with Gasteiger partial charge in [-0.2, -0.15) is 0 Å². The molecule has 0 aromatic heterocycles. The average molecular weight is 364 g/mol. The van der Waals surface area contributed by atoms with Crippen molar-refractivity contribution in [3.8, 4) is 0 Å². The number of nitrogens with one attached hydrogen (secondary N) is 1. The molecule has 1 N–H and O–H groups in total. The fraction of sp³-hybridized carbons (Fsp3) is 0.526. The van der Waals surface area contributed by atoms with Gasteiger partial charge in [0, 0.05) is 5.69 Å². The van der Waals surface area contributed by atoms with Gasteiger partial charge in [-0.05, 0) is 63.8 Å². The number of rotatable bonds is 7. The van der Waals surface area contributed by atoms with Gasteiger partial charge in [0.2, 0.25) is 0 Å². The van der Waals surface area contributed by atoms with Crippen LogP contribution in [0.1, 0.15) is 36.1 Å². The Morgan fingerprint density at radius 1 is 0.885 bits per heavy atom. The first-order valence-electron chi connectivity index (χ1n) is 8.65. The van der Waals surface area contributed by atoms with Crippen molar-refractivity contribution < 1.29 is 23.9 Å². The maximum Gasteiger partial charge on any atom is 0.325 e. The number of aryl methyl sites for hydroxylation is 2. The van der Waals surface area contributed by atoms with E-state index in [0.717, 1.165) is 27.2 Å². The number of ether oxygens (including phenoxy) is 2. The molecule has 0 bridgehead atoms.